The zero-order chi connectivity index (χ0) is 37.1. The molecule has 2 rings (SSSR count). The third-order valence-electron chi connectivity index (χ3n) is 10.1. The molecule has 0 bridgehead atoms. The van der Waals surface area contributed by atoms with Gasteiger partial charge in [-0.05, 0) is 80.2 Å². The van der Waals surface area contributed by atoms with E-state index >= 15 is 0 Å². The monoisotopic (exact) mass is 688 g/mol. The minimum Gasteiger partial charge on any atom is -0.462 e. The molecule has 10 nitrogen and oxygen atoms in total. The molecular weight excluding hydrogens is 620 g/mol. The molecule has 0 aliphatic carbocycles. The average Bonchev–Trinajstić information content (AvgIpc) is 3.05. The molecule has 0 aliphatic heterocycles. The molecule has 0 spiro atoms. The third-order valence-corrected chi connectivity index (χ3v) is 10.1. The highest BCUT2D eigenvalue weighted by molar-refractivity contribution is 5.76. The largest absolute Gasteiger partial charge is 0.462 e. The van der Waals surface area contributed by atoms with E-state index < -0.39 is 34.6 Å². The van der Waals surface area contributed by atoms with Gasteiger partial charge in [0.15, 0.2) is 0 Å². The van der Waals surface area contributed by atoms with E-state index in [1.165, 1.54) is 24.8 Å². The predicted octanol–water partition coefficient (Wildman–Crippen LogP) is 5.76. The number of aromatic nitrogens is 3. The maximum atomic E-state index is 13.8. The molecule has 0 aliphatic rings. The number of unbranched alkanes of at least 4 members (excludes halogenated alkanes) is 1. The number of aliphatic hydroxyl groups is 1. The number of benzene rings is 1. The van der Waals surface area contributed by atoms with Crippen LogP contribution in [0.4, 0.5) is 0 Å². The number of hydrogen-bond acceptors (Lipinski definition) is 6. The van der Waals surface area contributed by atoms with Crippen LogP contribution in [0.1, 0.15) is 123 Å². The summed E-state index contributed by atoms with van der Waals surface area (Å²) in [5.74, 6) is 0.232. The number of likely N-dealkylation sites (N-methyl/N-ethyl adjacent to an activating group) is 1. The fourth-order valence-corrected chi connectivity index (χ4v) is 6.56. The lowest BCUT2D eigenvalue weighted by molar-refractivity contribution is -0.873. The number of ether oxygens (including phenoxy) is 1. The molecule has 6 unspecified atom stereocenters. The van der Waals surface area contributed by atoms with Gasteiger partial charge in [0.2, 0.25) is 0 Å². The fraction of sp³-hybridized carbons (Fsp3) is 0.744. The molecule has 0 radical (unpaired) electrons. The van der Waals surface area contributed by atoms with E-state index in [9.17, 15) is 24.3 Å². The van der Waals surface area contributed by atoms with Crippen molar-refractivity contribution in [1.82, 2.24) is 13.7 Å². The van der Waals surface area contributed by atoms with Crippen molar-refractivity contribution in [2.24, 2.45) is 17.3 Å². The highest BCUT2D eigenvalue weighted by Gasteiger charge is 2.36. The third kappa shape index (κ3) is 12.4. The molecule has 10 heteroatoms. The number of hydrogen-bond donors (Lipinski definition) is 1. The van der Waals surface area contributed by atoms with E-state index in [0.717, 1.165) is 25.7 Å². The average molecular weight is 688 g/mol. The first-order valence-electron chi connectivity index (χ1n) is 18.6. The lowest BCUT2D eigenvalue weighted by Gasteiger charge is -2.30. The Morgan fingerprint density at radius 3 is 1.94 bits per heavy atom. The first-order chi connectivity index (χ1) is 22.9. The zero-order valence-corrected chi connectivity index (χ0v) is 32.5. The van der Waals surface area contributed by atoms with Gasteiger partial charge in [0.25, 0.3) is 0 Å². The van der Waals surface area contributed by atoms with E-state index in [4.69, 9.17) is 4.74 Å². The van der Waals surface area contributed by atoms with Crippen molar-refractivity contribution in [3.63, 3.8) is 0 Å². The first-order valence-corrected chi connectivity index (χ1v) is 18.6. The van der Waals surface area contributed by atoms with Crippen molar-refractivity contribution in [2.45, 2.75) is 138 Å². The molecule has 1 aromatic carbocycles. The fourth-order valence-electron chi connectivity index (χ4n) is 6.56. The Kier molecular flexibility index (Phi) is 16.2. The van der Waals surface area contributed by atoms with E-state index in [1.54, 1.807) is 0 Å². The molecular formula is C39H67N4O6+. The summed E-state index contributed by atoms with van der Waals surface area (Å²) in [6.45, 7) is 17.3. The lowest BCUT2D eigenvalue weighted by Crippen LogP contribution is -2.55. The number of esters is 1. The van der Waals surface area contributed by atoms with Gasteiger partial charge in [0, 0.05) is 19.6 Å². The van der Waals surface area contributed by atoms with Crippen molar-refractivity contribution in [1.29, 1.82) is 0 Å². The Bertz CT molecular complexity index is 1520. The molecule has 0 fully saturated rings. The standard InChI is InChI=1S/C39H67N4O6/c1-12-15-21-40-36(46)41(24-28(4)19-20-31(7)33-18-16-17-32(22-33)30(6)13-2)38(48)42(37(40)47)25-29(5)23-39(8,14-3)35(45)49-27-34(44)26-43(9,10)11/h16-18,22,28-31,34,44H,12-15,19-21,23-27H2,1-11H3/q+1. The topological polar surface area (TPSA) is 113 Å². The Hall–Kier alpha value is -2.98. The second-order valence-electron chi connectivity index (χ2n) is 16.1. The van der Waals surface area contributed by atoms with Gasteiger partial charge >= 0.3 is 23.0 Å². The Morgan fingerprint density at radius 1 is 0.857 bits per heavy atom. The SMILES string of the molecule is CCCCn1c(=O)n(CC(C)CCC(C)c2cccc(C(C)CC)c2)c(=O)n(CC(C)CC(C)(CC)C(=O)OCC(O)C[N+](C)(C)C)c1=O. The summed E-state index contributed by atoms with van der Waals surface area (Å²) in [5.41, 5.74) is 0.0333. The van der Waals surface area contributed by atoms with Gasteiger partial charge in [-0.2, -0.15) is 0 Å². The molecule has 0 saturated carbocycles. The van der Waals surface area contributed by atoms with Crippen LogP contribution in [-0.4, -0.2) is 69.7 Å². The molecule has 49 heavy (non-hydrogen) atoms. The summed E-state index contributed by atoms with van der Waals surface area (Å²) < 4.78 is 9.73. The van der Waals surface area contributed by atoms with Gasteiger partial charge < -0.3 is 14.3 Å². The van der Waals surface area contributed by atoms with Crippen LogP contribution in [0.5, 0.6) is 0 Å². The van der Waals surface area contributed by atoms with Crippen LogP contribution in [0.25, 0.3) is 0 Å². The van der Waals surface area contributed by atoms with Gasteiger partial charge in [-0.15, -0.1) is 0 Å². The van der Waals surface area contributed by atoms with Crippen LogP contribution in [0.3, 0.4) is 0 Å². The number of nitrogens with zero attached hydrogens (tertiary/aromatic N) is 4. The summed E-state index contributed by atoms with van der Waals surface area (Å²) in [7, 11) is 5.88. The van der Waals surface area contributed by atoms with Crippen molar-refractivity contribution in [2.75, 3.05) is 34.3 Å². The van der Waals surface area contributed by atoms with Crippen molar-refractivity contribution >= 4 is 5.97 Å². The van der Waals surface area contributed by atoms with Crippen LogP contribution < -0.4 is 17.1 Å². The molecule has 2 aromatic rings. The van der Waals surface area contributed by atoms with E-state index in [1.807, 2.05) is 48.8 Å². The Balaban J connectivity index is 2.26. The molecule has 6 atom stereocenters. The molecule has 1 aromatic heterocycles. The number of carbonyl (C=O) groups excluding carboxylic acids is 1. The summed E-state index contributed by atoms with van der Waals surface area (Å²) in [4.78, 5) is 54.3. The minimum absolute atomic E-state index is 0.0409. The summed E-state index contributed by atoms with van der Waals surface area (Å²) in [6.07, 6.45) is 4.36. The summed E-state index contributed by atoms with van der Waals surface area (Å²) in [5, 5.41) is 10.4. The molecule has 0 amide bonds. The van der Waals surface area contributed by atoms with Crippen molar-refractivity contribution in [3.05, 3.63) is 66.8 Å². The van der Waals surface area contributed by atoms with E-state index in [2.05, 4.69) is 52.0 Å². The normalized spacial score (nSPS) is 16.4. The molecule has 0 saturated heterocycles. The number of rotatable bonds is 21. The summed E-state index contributed by atoms with van der Waals surface area (Å²) >= 11 is 0. The van der Waals surface area contributed by atoms with Crippen LogP contribution in [0.15, 0.2) is 38.6 Å². The second kappa shape index (κ2) is 18.9. The number of carbonyl (C=O) groups is 1. The molecule has 1 N–H and O–H groups in total. The van der Waals surface area contributed by atoms with Gasteiger partial charge in [-0.1, -0.05) is 79.2 Å². The molecule has 1 heterocycles. The minimum atomic E-state index is -0.867. The quantitative estimate of drug-likeness (QED) is 0.132. The summed E-state index contributed by atoms with van der Waals surface area (Å²) in [6, 6.07) is 8.79. The van der Waals surface area contributed by atoms with Gasteiger partial charge in [-0.25, -0.2) is 28.1 Å². The first kappa shape index (κ1) is 42.2. The zero-order valence-electron chi connectivity index (χ0n) is 32.5. The number of quaternary nitrogens is 1. The van der Waals surface area contributed by atoms with Gasteiger partial charge in [0.05, 0.1) is 26.6 Å². The maximum Gasteiger partial charge on any atom is 0.336 e. The number of aliphatic hydroxyl groups excluding tert-OH is 1. The van der Waals surface area contributed by atoms with Crippen LogP contribution in [-0.2, 0) is 29.2 Å². The van der Waals surface area contributed by atoms with Crippen molar-refractivity contribution < 1.29 is 19.1 Å². The Morgan fingerprint density at radius 2 is 1.41 bits per heavy atom. The van der Waals surface area contributed by atoms with Crippen LogP contribution >= 0.6 is 0 Å². The Labute approximate surface area is 294 Å². The smallest absolute Gasteiger partial charge is 0.336 e. The van der Waals surface area contributed by atoms with Crippen molar-refractivity contribution in [3.8, 4) is 0 Å². The van der Waals surface area contributed by atoms with Gasteiger partial charge in [-0.3, -0.25) is 4.79 Å². The highest BCUT2D eigenvalue weighted by Crippen LogP contribution is 2.32. The van der Waals surface area contributed by atoms with E-state index in [-0.39, 0.29) is 38.1 Å². The second-order valence-corrected chi connectivity index (χ2v) is 16.1. The van der Waals surface area contributed by atoms with Gasteiger partial charge in [0.1, 0.15) is 19.3 Å². The maximum absolute atomic E-state index is 13.8. The lowest BCUT2D eigenvalue weighted by atomic mass is 9.79. The highest BCUT2D eigenvalue weighted by atomic mass is 16.5. The van der Waals surface area contributed by atoms with Crippen LogP contribution in [0.2, 0.25) is 0 Å². The molecule has 278 valence electrons. The van der Waals surface area contributed by atoms with E-state index in [0.29, 0.717) is 42.1 Å². The predicted molar refractivity (Wildman–Crippen MR) is 198 cm³/mol. The van der Waals surface area contributed by atoms with Crippen LogP contribution in [0, 0.1) is 17.3 Å².